The SMILES string of the molecule is C=C1c2ccccc2C(=O)N1CC(=O)Nc1ccc(C(=O)NC)cc1. The predicted octanol–water partition coefficient (Wildman–Crippen LogP) is 2.11. The Morgan fingerprint density at radius 2 is 1.68 bits per heavy atom. The van der Waals surface area contributed by atoms with E-state index in [4.69, 9.17) is 0 Å². The molecule has 1 aliphatic heterocycles. The standard InChI is InChI=1S/C19H17N3O3/c1-12-15-5-3-4-6-16(15)19(25)22(12)11-17(23)21-14-9-7-13(8-10-14)18(24)20-2/h3-10H,1,11H2,2H3,(H,20,24)(H,21,23). The van der Waals surface area contributed by atoms with Crippen LogP contribution >= 0.6 is 0 Å². The highest BCUT2D eigenvalue weighted by Gasteiger charge is 2.31. The second-order valence-corrected chi connectivity index (χ2v) is 5.59. The highest BCUT2D eigenvalue weighted by Crippen LogP contribution is 2.30. The van der Waals surface area contributed by atoms with Crippen molar-refractivity contribution in [2.45, 2.75) is 0 Å². The van der Waals surface area contributed by atoms with Crippen molar-refractivity contribution in [3.63, 3.8) is 0 Å². The summed E-state index contributed by atoms with van der Waals surface area (Å²) in [4.78, 5) is 37.5. The van der Waals surface area contributed by atoms with E-state index in [0.29, 0.717) is 22.5 Å². The van der Waals surface area contributed by atoms with Gasteiger partial charge in [-0.15, -0.1) is 0 Å². The van der Waals surface area contributed by atoms with Crippen molar-refractivity contribution in [3.8, 4) is 0 Å². The summed E-state index contributed by atoms with van der Waals surface area (Å²) in [6.45, 7) is 3.79. The zero-order chi connectivity index (χ0) is 18.0. The van der Waals surface area contributed by atoms with E-state index in [0.717, 1.165) is 5.56 Å². The number of benzene rings is 2. The van der Waals surface area contributed by atoms with Gasteiger partial charge in [-0.05, 0) is 30.3 Å². The van der Waals surface area contributed by atoms with Crippen molar-refractivity contribution in [3.05, 3.63) is 71.8 Å². The second-order valence-electron chi connectivity index (χ2n) is 5.59. The third kappa shape index (κ3) is 3.14. The van der Waals surface area contributed by atoms with Crippen LogP contribution < -0.4 is 10.6 Å². The summed E-state index contributed by atoms with van der Waals surface area (Å²) in [5.41, 5.74) is 2.86. The number of hydrogen-bond acceptors (Lipinski definition) is 3. The number of carbonyl (C=O) groups is 3. The number of hydrogen-bond donors (Lipinski definition) is 2. The van der Waals surface area contributed by atoms with Crippen molar-refractivity contribution in [1.29, 1.82) is 0 Å². The van der Waals surface area contributed by atoms with Crippen LogP contribution in [0.3, 0.4) is 0 Å². The van der Waals surface area contributed by atoms with Gasteiger partial charge in [-0.1, -0.05) is 24.8 Å². The van der Waals surface area contributed by atoms with E-state index in [1.807, 2.05) is 12.1 Å². The van der Waals surface area contributed by atoms with E-state index in [9.17, 15) is 14.4 Å². The van der Waals surface area contributed by atoms with Gasteiger partial charge in [-0.2, -0.15) is 0 Å². The lowest BCUT2D eigenvalue weighted by molar-refractivity contribution is -0.116. The Kier molecular flexibility index (Phi) is 4.35. The topological polar surface area (TPSA) is 78.5 Å². The largest absolute Gasteiger partial charge is 0.355 e. The molecule has 6 heteroatoms. The maximum absolute atomic E-state index is 12.4. The number of fused-ring (bicyclic) bond motifs is 1. The van der Waals surface area contributed by atoms with Crippen LogP contribution in [0, 0.1) is 0 Å². The molecule has 0 bridgehead atoms. The van der Waals surface area contributed by atoms with E-state index in [1.165, 1.54) is 4.90 Å². The molecule has 2 N–H and O–H groups in total. The number of nitrogens with zero attached hydrogens (tertiary/aromatic N) is 1. The van der Waals surface area contributed by atoms with Crippen LogP contribution in [-0.4, -0.2) is 36.2 Å². The minimum Gasteiger partial charge on any atom is -0.355 e. The van der Waals surface area contributed by atoms with Gasteiger partial charge in [-0.3, -0.25) is 19.3 Å². The number of amides is 3. The molecule has 126 valence electrons. The maximum atomic E-state index is 12.4. The zero-order valence-electron chi connectivity index (χ0n) is 13.7. The normalized spacial score (nSPS) is 12.8. The first-order valence-electron chi connectivity index (χ1n) is 7.73. The average Bonchev–Trinajstić information content (AvgIpc) is 2.87. The summed E-state index contributed by atoms with van der Waals surface area (Å²) in [5.74, 6) is -0.768. The Balaban J connectivity index is 1.67. The molecule has 2 aromatic carbocycles. The van der Waals surface area contributed by atoms with Crippen LogP contribution in [0.4, 0.5) is 5.69 Å². The van der Waals surface area contributed by atoms with Crippen LogP contribution in [0.5, 0.6) is 0 Å². The Bertz CT molecular complexity index is 837. The van der Waals surface area contributed by atoms with Gasteiger partial charge in [0.25, 0.3) is 11.8 Å². The highest BCUT2D eigenvalue weighted by atomic mass is 16.2. The zero-order valence-corrected chi connectivity index (χ0v) is 13.7. The third-order valence-electron chi connectivity index (χ3n) is 4.00. The number of nitrogens with one attached hydrogen (secondary N) is 2. The summed E-state index contributed by atoms with van der Waals surface area (Å²) >= 11 is 0. The van der Waals surface area contributed by atoms with Crippen molar-refractivity contribution < 1.29 is 14.4 Å². The summed E-state index contributed by atoms with van der Waals surface area (Å²) < 4.78 is 0. The first-order chi connectivity index (χ1) is 12.0. The van der Waals surface area contributed by atoms with Gasteiger partial charge in [0.15, 0.2) is 0 Å². The fourth-order valence-corrected chi connectivity index (χ4v) is 2.70. The number of carbonyl (C=O) groups excluding carboxylic acids is 3. The van der Waals surface area contributed by atoms with Gasteiger partial charge >= 0.3 is 0 Å². The summed E-state index contributed by atoms with van der Waals surface area (Å²) in [6, 6.07) is 13.6. The molecule has 0 radical (unpaired) electrons. The Morgan fingerprint density at radius 1 is 1.04 bits per heavy atom. The van der Waals surface area contributed by atoms with Crippen LogP contribution in [0.25, 0.3) is 5.70 Å². The molecule has 6 nitrogen and oxygen atoms in total. The maximum Gasteiger partial charge on any atom is 0.259 e. The summed E-state index contributed by atoms with van der Waals surface area (Å²) in [7, 11) is 1.55. The van der Waals surface area contributed by atoms with Crippen LogP contribution in [0.15, 0.2) is 55.1 Å². The van der Waals surface area contributed by atoms with Crippen LogP contribution in [0.2, 0.25) is 0 Å². The number of rotatable bonds is 4. The fourth-order valence-electron chi connectivity index (χ4n) is 2.70. The molecular weight excluding hydrogens is 318 g/mol. The lowest BCUT2D eigenvalue weighted by atomic mass is 10.1. The molecule has 1 aliphatic rings. The Labute approximate surface area is 145 Å². The first kappa shape index (κ1) is 16.4. The van der Waals surface area contributed by atoms with Crippen LogP contribution in [0.1, 0.15) is 26.3 Å². The van der Waals surface area contributed by atoms with Gasteiger partial charge in [0, 0.05) is 35.1 Å². The molecule has 25 heavy (non-hydrogen) atoms. The first-order valence-corrected chi connectivity index (χ1v) is 7.73. The molecule has 0 unspecified atom stereocenters. The van der Waals surface area contributed by atoms with Crippen molar-refractivity contribution >= 4 is 29.1 Å². The van der Waals surface area contributed by atoms with Gasteiger partial charge < -0.3 is 10.6 Å². The van der Waals surface area contributed by atoms with Crippen molar-refractivity contribution in [1.82, 2.24) is 10.2 Å². The van der Waals surface area contributed by atoms with E-state index >= 15 is 0 Å². The Hall–Kier alpha value is -3.41. The molecule has 1 heterocycles. The van der Waals surface area contributed by atoms with Crippen molar-refractivity contribution in [2.75, 3.05) is 18.9 Å². The van der Waals surface area contributed by atoms with Gasteiger partial charge in [0.2, 0.25) is 5.91 Å². The van der Waals surface area contributed by atoms with Gasteiger partial charge in [0.1, 0.15) is 6.54 Å². The van der Waals surface area contributed by atoms with Gasteiger partial charge in [0.05, 0.1) is 0 Å². The lowest BCUT2D eigenvalue weighted by Gasteiger charge is -2.17. The predicted molar refractivity (Wildman–Crippen MR) is 95.0 cm³/mol. The molecule has 0 fully saturated rings. The molecule has 0 saturated heterocycles. The van der Waals surface area contributed by atoms with Crippen molar-refractivity contribution in [2.24, 2.45) is 0 Å². The Morgan fingerprint density at radius 3 is 2.28 bits per heavy atom. The van der Waals surface area contributed by atoms with Gasteiger partial charge in [-0.25, -0.2) is 0 Å². The molecule has 3 amide bonds. The smallest absolute Gasteiger partial charge is 0.259 e. The highest BCUT2D eigenvalue weighted by molar-refractivity contribution is 6.11. The second kappa shape index (κ2) is 6.60. The molecule has 0 aromatic heterocycles. The van der Waals surface area contributed by atoms with E-state index in [2.05, 4.69) is 17.2 Å². The molecular formula is C19H17N3O3. The third-order valence-corrected chi connectivity index (χ3v) is 4.00. The van der Waals surface area contributed by atoms with Crippen LogP contribution in [-0.2, 0) is 4.79 Å². The average molecular weight is 335 g/mol. The molecule has 3 rings (SSSR count). The lowest BCUT2D eigenvalue weighted by Crippen LogP contribution is -2.32. The van der Waals surface area contributed by atoms with E-state index < -0.39 is 0 Å². The number of anilines is 1. The quantitative estimate of drug-likeness (QED) is 0.898. The fraction of sp³-hybridized carbons (Fsp3) is 0.105. The minimum atomic E-state index is -0.338. The molecule has 0 saturated carbocycles. The molecule has 0 atom stereocenters. The summed E-state index contributed by atoms with van der Waals surface area (Å²) in [6.07, 6.45) is 0. The monoisotopic (exact) mass is 335 g/mol. The van der Waals surface area contributed by atoms with E-state index in [-0.39, 0.29) is 24.3 Å². The molecule has 0 spiro atoms. The molecule has 2 aromatic rings. The molecule has 0 aliphatic carbocycles. The van der Waals surface area contributed by atoms with E-state index in [1.54, 1.807) is 43.4 Å². The summed E-state index contributed by atoms with van der Waals surface area (Å²) in [5, 5.41) is 5.24. The minimum absolute atomic E-state index is 0.121.